The number of phenolic OH excluding ortho intramolecular Hbond substituents is 1. The molecule has 0 radical (unpaired) electrons. The largest absolute Gasteiger partial charge is 0.507 e. The molecule has 2 aromatic heterocycles. The first-order valence-electron chi connectivity index (χ1n) is 11.3. The number of hydrogen-bond acceptors (Lipinski definition) is 7. The molecule has 0 amide bonds. The summed E-state index contributed by atoms with van der Waals surface area (Å²) in [6.45, 7) is 0. The number of aromatic hydroxyl groups is 1. The van der Waals surface area contributed by atoms with E-state index in [0.717, 1.165) is 29.8 Å². The van der Waals surface area contributed by atoms with Crippen molar-refractivity contribution in [1.29, 1.82) is 0 Å². The van der Waals surface area contributed by atoms with Crippen molar-refractivity contribution in [2.45, 2.75) is 50.2 Å². The number of nitrogens with one attached hydrogen (secondary N) is 1. The van der Waals surface area contributed by atoms with Crippen LogP contribution < -0.4 is 15.0 Å². The van der Waals surface area contributed by atoms with Crippen LogP contribution >= 0.6 is 0 Å². The average Bonchev–Trinajstić information content (AvgIpc) is 2.83. The molecule has 7 heteroatoms. The van der Waals surface area contributed by atoms with Crippen molar-refractivity contribution in [1.82, 2.24) is 20.5 Å². The van der Waals surface area contributed by atoms with Gasteiger partial charge in [0.25, 0.3) is 0 Å². The predicted octanol–water partition coefficient (Wildman–Crippen LogP) is 4.03. The Morgan fingerprint density at radius 1 is 1.00 bits per heavy atom. The van der Waals surface area contributed by atoms with Crippen molar-refractivity contribution >= 4 is 5.82 Å². The number of fused-ring (bicyclic) bond motifs is 2. The molecule has 1 aromatic carbocycles. The van der Waals surface area contributed by atoms with E-state index in [9.17, 15) is 5.11 Å². The van der Waals surface area contributed by atoms with Crippen molar-refractivity contribution in [3.8, 4) is 34.0 Å². The minimum Gasteiger partial charge on any atom is -0.507 e. The first-order chi connectivity index (χ1) is 15.6. The monoisotopic (exact) mass is 431 g/mol. The Kier molecular flexibility index (Phi) is 5.66. The van der Waals surface area contributed by atoms with E-state index in [2.05, 4.69) is 32.4 Å². The quantitative estimate of drug-likeness (QED) is 0.631. The van der Waals surface area contributed by atoms with Crippen molar-refractivity contribution in [3.63, 3.8) is 0 Å². The van der Waals surface area contributed by atoms with E-state index in [-0.39, 0.29) is 5.75 Å². The van der Waals surface area contributed by atoms with Gasteiger partial charge in [-0.3, -0.25) is 0 Å². The molecule has 2 bridgehead atoms. The zero-order valence-electron chi connectivity index (χ0n) is 18.5. The normalized spacial score (nSPS) is 22.4. The third-order valence-corrected chi connectivity index (χ3v) is 6.80. The third kappa shape index (κ3) is 4.12. The number of anilines is 1. The summed E-state index contributed by atoms with van der Waals surface area (Å²) in [5.74, 6) is 1.58. The van der Waals surface area contributed by atoms with Crippen LogP contribution in [0.4, 0.5) is 5.82 Å². The molecule has 32 heavy (non-hydrogen) atoms. The summed E-state index contributed by atoms with van der Waals surface area (Å²) < 4.78 is 5.20. The van der Waals surface area contributed by atoms with Gasteiger partial charge in [-0.25, -0.2) is 4.98 Å². The van der Waals surface area contributed by atoms with Crippen LogP contribution in [0.3, 0.4) is 0 Å². The van der Waals surface area contributed by atoms with E-state index >= 15 is 0 Å². The van der Waals surface area contributed by atoms with Crippen LogP contribution in [-0.2, 0) is 0 Å². The zero-order valence-corrected chi connectivity index (χ0v) is 18.5. The van der Waals surface area contributed by atoms with E-state index < -0.39 is 0 Å². The molecule has 0 saturated carbocycles. The fourth-order valence-electron chi connectivity index (χ4n) is 5.02. The van der Waals surface area contributed by atoms with E-state index in [1.54, 1.807) is 19.4 Å². The smallest absolute Gasteiger partial charge is 0.213 e. The molecule has 2 N–H and O–H groups in total. The number of methoxy groups -OCH3 is 1. The molecule has 2 aliphatic rings. The van der Waals surface area contributed by atoms with Crippen LogP contribution in [0.5, 0.6) is 11.6 Å². The second-order valence-electron chi connectivity index (χ2n) is 8.82. The number of phenols is 1. The lowest BCUT2D eigenvalue weighted by Crippen LogP contribution is -2.54. The minimum atomic E-state index is 0.167. The van der Waals surface area contributed by atoms with Gasteiger partial charge >= 0.3 is 0 Å². The number of benzene rings is 1. The Morgan fingerprint density at radius 3 is 2.47 bits per heavy atom. The number of piperidine rings is 2. The zero-order chi connectivity index (χ0) is 22.1. The molecule has 2 atom stereocenters. The second-order valence-corrected chi connectivity index (χ2v) is 8.82. The number of ether oxygens (including phenoxy) is 1. The first-order valence-corrected chi connectivity index (χ1v) is 11.3. The van der Waals surface area contributed by atoms with E-state index in [1.165, 1.54) is 19.3 Å². The van der Waals surface area contributed by atoms with Gasteiger partial charge in [0.05, 0.1) is 12.8 Å². The highest BCUT2D eigenvalue weighted by molar-refractivity contribution is 5.74. The Bertz CT molecular complexity index is 1080. The Morgan fingerprint density at radius 2 is 1.78 bits per heavy atom. The maximum absolute atomic E-state index is 10.7. The second kappa shape index (κ2) is 8.74. The number of pyridine rings is 1. The molecule has 7 nitrogen and oxygen atoms in total. The molecule has 3 aromatic rings. The van der Waals surface area contributed by atoms with E-state index in [4.69, 9.17) is 4.74 Å². The van der Waals surface area contributed by atoms with Gasteiger partial charge in [0.2, 0.25) is 5.88 Å². The van der Waals surface area contributed by atoms with Gasteiger partial charge in [-0.15, -0.1) is 10.2 Å². The maximum atomic E-state index is 10.7. The van der Waals surface area contributed by atoms with Crippen LogP contribution in [0.1, 0.15) is 32.1 Å². The summed E-state index contributed by atoms with van der Waals surface area (Å²) in [6.07, 6.45) is 7.87. The van der Waals surface area contributed by atoms with Crippen molar-refractivity contribution in [3.05, 3.63) is 48.7 Å². The molecule has 2 unspecified atom stereocenters. The predicted molar refractivity (Wildman–Crippen MR) is 125 cm³/mol. The van der Waals surface area contributed by atoms with Crippen molar-refractivity contribution < 1.29 is 9.84 Å². The van der Waals surface area contributed by atoms with Crippen molar-refractivity contribution in [2.24, 2.45) is 0 Å². The van der Waals surface area contributed by atoms with Crippen LogP contribution in [0.2, 0.25) is 0 Å². The Labute approximate surface area is 188 Å². The molecule has 2 fully saturated rings. The molecule has 166 valence electrons. The lowest BCUT2D eigenvalue weighted by atomic mass is 9.83. The lowest BCUT2D eigenvalue weighted by Gasteiger charge is -2.43. The number of nitrogens with zero attached hydrogens (tertiary/aromatic N) is 4. The molecule has 5 rings (SSSR count). The molecule has 0 aliphatic carbocycles. The van der Waals surface area contributed by atoms with Gasteiger partial charge in [0.1, 0.15) is 5.75 Å². The summed E-state index contributed by atoms with van der Waals surface area (Å²) in [5.41, 5.74) is 3.12. The first kappa shape index (κ1) is 20.7. The van der Waals surface area contributed by atoms with Gasteiger partial charge in [-0.2, -0.15) is 0 Å². The highest BCUT2D eigenvalue weighted by atomic mass is 16.5. The van der Waals surface area contributed by atoms with Crippen molar-refractivity contribution in [2.75, 3.05) is 19.1 Å². The molecule has 2 aliphatic heterocycles. The van der Waals surface area contributed by atoms with E-state index in [0.29, 0.717) is 35.3 Å². The fourth-order valence-corrected chi connectivity index (χ4v) is 5.02. The fraction of sp³-hybridized carbons (Fsp3) is 0.400. The van der Waals surface area contributed by atoms with Crippen LogP contribution in [0.25, 0.3) is 22.4 Å². The van der Waals surface area contributed by atoms with Crippen LogP contribution in [0, 0.1) is 0 Å². The minimum absolute atomic E-state index is 0.167. The lowest BCUT2D eigenvalue weighted by molar-refractivity contribution is 0.219. The topological polar surface area (TPSA) is 83.4 Å². The van der Waals surface area contributed by atoms with Gasteiger partial charge in [-0.1, -0.05) is 12.5 Å². The van der Waals surface area contributed by atoms with Crippen LogP contribution in [0.15, 0.2) is 48.7 Å². The maximum Gasteiger partial charge on any atom is 0.213 e. The third-order valence-electron chi connectivity index (χ3n) is 6.80. The molecular weight excluding hydrogens is 402 g/mol. The standard InChI is InChI=1S/C25H29N5O2/c1-30(20-14-18-4-3-5-19(15-20)27-18)24-9-8-22(28-29-24)21-7-6-16(12-23(21)31)17-10-11-26-25(13-17)32-2/h6-13,18-20,27,31H,3-5,14-15H2,1-2H3. The summed E-state index contributed by atoms with van der Waals surface area (Å²) >= 11 is 0. The number of rotatable bonds is 5. The van der Waals surface area contributed by atoms with Crippen LogP contribution in [-0.4, -0.2) is 52.6 Å². The highest BCUT2D eigenvalue weighted by Gasteiger charge is 2.33. The Hall–Kier alpha value is -3.19. The van der Waals surface area contributed by atoms with Gasteiger partial charge in [-0.05, 0) is 67.1 Å². The molecular formula is C25H29N5O2. The molecule has 2 saturated heterocycles. The van der Waals surface area contributed by atoms with Gasteiger partial charge < -0.3 is 20.1 Å². The summed E-state index contributed by atoms with van der Waals surface area (Å²) in [5, 5.41) is 23.3. The van der Waals surface area contributed by atoms with Gasteiger partial charge in [0, 0.05) is 43.0 Å². The highest BCUT2D eigenvalue weighted by Crippen LogP contribution is 2.34. The SMILES string of the molecule is COc1cc(-c2ccc(-c3ccc(N(C)C4CC5CCCC(C4)N5)nn3)c(O)c2)ccn1. The summed E-state index contributed by atoms with van der Waals surface area (Å²) in [6, 6.07) is 15.0. The average molecular weight is 432 g/mol. The summed E-state index contributed by atoms with van der Waals surface area (Å²) in [7, 11) is 3.70. The number of aromatic nitrogens is 3. The summed E-state index contributed by atoms with van der Waals surface area (Å²) in [4.78, 5) is 6.40. The van der Waals surface area contributed by atoms with E-state index in [1.807, 2.05) is 36.4 Å². The number of hydrogen-bond donors (Lipinski definition) is 2. The molecule has 0 spiro atoms. The molecule has 4 heterocycles. The van der Waals surface area contributed by atoms with Gasteiger partial charge in [0.15, 0.2) is 5.82 Å². The Balaban J connectivity index is 1.33.